The van der Waals surface area contributed by atoms with E-state index in [1.807, 2.05) is 0 Å². The molecule has 0 atom stereocenters. The van der Waals surface area contributed by atoms with Crippen molar-refractivity contribution < 1.29 is 14.1 Å². The van der Waals surface area contributed by atoms with Crippen molar-refractivity contribution in [3.63, 3.8) is 0 Å². The van der Waals surface area contributed by atoms with Crippen molar-refractivity contribution in [1.82, 2.24) is 28.7 Å². The molecule has 1 saturated heterocycles. The van der Waals surface area contributed by atoms with E-state index in [-0.39, 0.29) is 35.4 Å². The monoisotopic (exact) mass is 429 g/mol. The highest BCUT2D eigenvalue weighted by Crippen LogP contribution is 2.20. The van der Waals surface area contributed by atoms with Crippen molar-refractivity contribution in [2.45, 2.75) is 26.3 Å². The smallest absolute Gasteiger partial charge is 0.332 e. The van der Waals surface area contributed by atoms with Crippen molar-refractivity contribution in [2.75, 3.05) is 18.4 Å². The summed E-state index contributed by atoms with van der Waals surface area (Å²) in [4.78, 5) is 55.6. The zero-order valence-electron chi connectivity index (χ0n) is 17.5. The number of rotatable bonds is 4. The number of aromatic nitrogens is 5. The molecule has 12 nitrogen and oxygen atoms in total. The molecule has 1 aliphatic heterocycles. The lowest BCUT2D eigenvalue weighted by Crippen LogP contribution is -2.43. The molecule has 31 heavy (non-hydrogen) atoms. The SMILES string of the molecule is Cc1cc(NC(=O)C2CCN(C(=O)Cn3cnc4c3c(=O)n(C)c(=O)n4C)CC2)no1. The van der Waals surface area contributed by atoms with Gasteiger partial charge in [-0.15, -0.1) is 0 Å². The summed E-state index contributed by atoms with van der Waals surface area (Å²) in [6.45, 7) is 2.53. The maximum absolute atomic E-state index is 12.8. The lowest BCUT2D eigenvalue weighted by atomic mass is 9.96. The van der Waals surface area contributed by atoms with E-state index in [1.165, 1.54) is 29.6 Å². The summed E-state index contributed by atoms with van der Waals surface area (Å²) in [6, 6.07) is 1.64. The van der Waals surface area contributed by atoms with Crippen molar-refractivity contribution in [2.24, 2.45) is 20.0 Å². The topological polar surface area (TPSA) is 137 Å². The molecule has 0 aliphatic carbocycles. The Kier molecular flexibility index (Phi) is 5.21. The summed E-state index contributed by atoms with van der Waals surface area (Å²) in [5.74, 6) is 0.435. The Balaban J connectivity index is 1.41. The Labute approximate surface area is 176 Å². The number of nitrogens with one attached hydrogen (secondary N) is 1. The van der Waals surface area contributed by atoms with Crippen LogP contribution in [-0.2, 0) is 30.2 Å². The fourth-order valence-electron chi connectivity index (χ4n) is 3.81. The number of imidazole rings is 1. The lowest BCUT2D eigenvalue weighted by Gasteiger charge is -2.31. The zero-order chi connectivity index (χ0) is 22.3. The van der Waals surface area contributed by atoms with Crippen LogP contribution in [0.15, 0.2) is 26.5 Å². The first-order chi connectivity index (χ1) is 14.8. The molecule has 1 aliphatic rings. The zero-order valence-corrected chi connectivity index (χ0v) is 17.5. The number of likely N-dealkylation sites (tertiary alicyclic amines) is 1. The molecular formula is C19H23N7O5. The number of carbonyl (C=O) groups is 2. The van der Waals surface area contributed by atoms with Gasteiger partial charge in [-0.25, -0.2) is 9.78 Å². The molecule has 0 radical (unpaired) electrons. The number of anilines is 1. The van der Waals surface area contributed by atoms with Crippen LogP contribution in [0, 0.1) is 12.8 Å². The van der Waals surface area contributed by atoms with Crippen LogP contribution in [-0.4, -0.2) is 53.6 Å². The minimum absolute atomic E-state index is 0.0704. The molecule has 4 heterocycles. The highest BCUT2D eigenvalue weighted by molar-refractivity contribution is 5.91. The third-order valence-corrected chi connectivity index (χ3v) is 5.62. The van der Waals surface area contributed by atoms with E-state index < -0.39 is 11.2 Å². The fraction of sp³-hybridized carbons (Fsp3) is 0.474. The first-order valence-electron chi connectivity index (χ1n) is 9.89. The van der Waals surface area contributed by atoms with Gasteiger partial charge >= 0.3 is 5.69 Å². The maximum atomic E-state index is 12.8. The van der Waals surface area contributed by atoms with E-state index in [9.17, 15) is 19.2 Å². The van der Waals surface area contributed by atoms with Gasteiger partial charge in [-0.3, -0.25) is 23.5 Å². The van der Waals surface area contributed by atoms with Crippen LogP contribution in [0.5, 0.6) is 0 Å². The minimum Gasteiger partial charge on any atom is -0.360 e. The normalized spacial score (nSPS) is 14.9. The summed E-state index contributed by atoms with van der Waals surface area (Å²) in [5.41, 5.74) is -0.536. The van der Waals surface area contributed by atoms with Gasteiger partial charge in [0.25, 0.3) is 5.56 Å². The summed E-state index contributed by atoms with van der Waals surface area (Å²) >= 11 is 0. The molecule has 3 aromatic rings. The standard InChI is InChI=1S/C19H23N7O5/c1-11-8-13(22-31-11)21-17(28)12-4-6-25(7-5-12)14(27)9-26-10-20-16-15(26)18(29)24(3)19(30)23(16)2/h8,10,12H,4-7,9H2,1-3H3,(H,21,22,28). The van der Waals surface area contributed by atoms with E-state index in [4.69, 9.17) is 4.52 Å². The van der Waals surface area contributed by atoms with Crippen molar-refractivity contribution in [3.8, 4) is 0 Å². The molecule has 0 aromatic carbocycles. The van der Waals surface area contributed by atoms with Gasteiger partial charge in [0, 0.05) is 39.2 Å². The predicted molar refractivity (Wildman–Crippen MR) is 109 cm³/mol. The molecule has 4 rings (SSSR count). The number of amides is 2. The quantitative estimate of drug-likeness (QED) is 0.596. The van der Waals surface area contributed by atoms with Gasteiger partial charge < -0.3 is 19.3 Å². The summed E-state index contributed by atoms with van der Waals surface area (Å²) in [5, 5.41) is 6.49. The van der Waals surface area contributed by atoms with Gasteiger partial charge in [0.15, 0.2) is 17.0 Å². The Morgan fingerprint density at radius 3 is 2.55 bits per heavy atom. The Bertz CT molecular complexity index is 1270. The van der Waals surface area contributed by atoms with Crippen molar-refractivity contribution in [3.05, 3.63) is 39.0 Å². The second-order valence-electron chi connectivity index (χ2n) is 7.72. The fourth-order valence-corrected chi connectivity index (χ4v) is 3.81. The number of hydrogen-bond acceptors (Lipinski definition) is 7. The van der Waals surface area contributed by atoms with Gasteiger partial charge in [0.2, 0.25) is 11.8 Å². The second-order valence-corrected chi connectivity index (χ2v) is 7.72. The number of piperidine rings is 1. The molecule has 1 fully saturated rings. The number of nitrogens with zero attached hydrogens (tertiary/aromatic N) is 6. The molecule has 0 unspecified atom stereocenters. The highest BCUT2D eigenvalue weighted by atomic mass is 16.5. The summed E-state index contributed by atoms with van der Waals surface area (Å²) in [6.07, 6.45) is 2.44. The average molecular weight is 429 g/mol. The van der Waals surface area contributed by atoms with Crippen LogP contribution in [0.25, 0.3) is 11.2 Å². The van der Waals surface area contributed by atoms with Crippen molar-refractivity contribution >= 4 is 28.8 Å². The average Bonchev–Trinajstić information content (AvgIpc) is 3.36. The molecule has 3 aromatic heterocycles. The first kappa shape index (κ1) is 20.6. The number of carbonyl (C=O) groups excluding carboxylic acids is 2. The lowest BCUT2D eigenvalue weighted by molar-refractivity contribution is -0.135. The third kappa shape index (κ3) is 3.76. The predicted octanol–water partition coefficient (Wildman–Crippen LogP) is -0.393. The van der Waals surface area contributed by atoms with E-state index in [2.05, 4.69) is 15.5 Å². The Morgan fingerprint density at radius 2 is 1.90 bits per heavy atom. The van der Waals surface area contributed by atoms with Crippen LogP contribution in [0.4, 0.5) is 5.82 Å². The molecule has 164 valence electrons. The molecule has 0 spiro atoms. The largest absolute Gasteiger partial charge is 0.360 e. The van der Waals surface area contributed by atoms with E-state index in [0.717, 1.165) is 4.57 Å². The maximum Gasteiger partial charge on any atom is 0.332 e. The van der Waals surface area contributed by atoms with E-state index in [0.29, 0.717) is 37.5 Å². The van der Waals surface area contributed by atoms with Gasteiger partial charge in [-0.05, 0) is 19.8 Å². The Hall–Kier alpha value is -3.70. The Morgan fingerprint density at radius 1 is 1.19 bits per heavy atom. The van der Waals surface area contributed by atoms with Gasteiger partial charge in [0.05, 0.1) is 6.33 Å². The first-order valence-corrected chi connectivity index (χ1v) is 9.89. The van der Waals surface area contributed by atoms with Gasteiger partial charge in [-0.1, -0.05) is 5.16 Å². The summed E-state index contributed by atoms with van der Waals surface area (Å²) < 4.78 is 8.67. The number of hydrogen-bond donors (Lipinski definition) is 1. The van der Waals surface area contributed by atoms with Crippen LogP contribution < -0.4 is 16.6 Å². The highest BCUT2D eigenvalue weighted by Gasteiger charge is 2.28. The number of fused-ring (bicyclic) bond motifs is 1. The second kappa shape index (κ2) is 7.85. The third-order valence-electron chi connectivity index (χ3n) is 5.62. The van der Waals surface area contributed by atoms with Crippen LogP contribution in [0.3, 0.4) is 0 Å². The summed E-state index contributed by atoms with van der Waals surface area (Å²) in [7, 11) is 2.92. The minimum atomic E-state index is -0.498. The van der Waals surface area contributed by atoms with Crippen LogP contribution in [0.1, 0.15) is 18.6 Å². The van der Waals surface area contributed by atoms with E-state index >= 15 is 0 Å². The van der Waals surface area contributed by atoms with Gasteiger partial charge in [0.1, 0.15) is 12.3 Å². The molecular weight excluding hydrogens is 406 g/mol. The van der Waals surface area contributed by atoms with Crippen LogP contribution >= 0.6 is 0 Å². The molecule has 1 N–H and O–H groups in total. The van der Waals surface area contributed by atoms with Crippen LogP contribution in [0.2, 0.25) is 0 Å². The number of aryl methyl sites for hydroxylation is 2. The molecule has 12 heteroatoms. The van der Waals surface area contributed by atoms with Crippen molar-refractivity contribution in [1.29, 1.82) is 0 Å². The molecule has 0 bridgehead atoms. The molecule has 2 amide bonds. The van der Waals surface area contributed by atoms with E-state index in [1.54, 1.807) is 17.9 Å². The molecule has 0 saturated carbocycles. The van der Waals surface area contributed by atoms with Gasteiger partial charge in [-0.2, -0.15) is 0 Å².